The summed E-state index contributed by atoms with van der Waals surface area (Å²) in [6, 6.07) is 7.43. The van der Waals surface area contributed by atoms with Crippen LogP contribution in [0.15, 0.2) is 28.7 Å². The highest BCUT2D eigenvalue weighted by Gasteiger charge is 2.21. The molecule has 2 rings (SSSR count). The normalized spacial score (nSPS) is 10.5. The number of ether oxygens (including phenoxy) is 2. The van der Waals surface area contributed by atoms with E-state index in [2.05, 4.69) is 21.2 Å². The van der Waals surface area contributed by atoms with Crippen molar-refractivity contribution in [3.8, 4) is 11.8 Å². The van der Waals surface area contributed by atoms with Gasteiger partial charge in [-0.3, -0.25) is 4.79 Å². The van der Waals surface area contributed by atoms with Crippen molar-refractivity contribution in [3.05, 3.63) is 50.3 Å². The molecule has 1 amide bonds. The first-order valence-corrected chi connectivity index (χ1v) is 9.55. The minimum Gasteiger partial charge on any atom is -0.496 e. The van der Waals surface area contributed by atoms with Gasteiger partial charge in [0, 0.05) is 6.08 Å². The number of carbonyl (C=O) groups is 2. The van der Waals surface area contributed by atoms with Crippen LogP contribution in [-0.4, -0.2) is 25.6 Å². The summed E-state index contributed by atoms with van der Waals surface area (Å²) in [5.74, 6) is -0.221. The van der Waals surface area contributed by atoms with Crippen molar-refractivity contribution in [1.82, 2.24) is 0 Å². The summed E-state index contributed by atoms with van der Waals surface area (Å²) < 4.78 is 10.9. The van der Waals surface area contributed by atoms with E-state index >= 15 is 0 Å². The Morgan fingerprint density at radius 1 is 1.41 bits per heavy atom. The third-order valence-corrected chi connectivity index (χ3v) is 5.37. The van der Waals surface area contributed by atoms with Gasteiger partial charge in [0.1, 0.15) is 21.7 Å². The Balaban J connectivity index is 2.18. The molecule has 0 unspecified atom stereocenters. The predicted octanol–water partition coefficient (Wildman–Crippen LogP) is 4.53. The monoisotopic (exact) mass is 448 g/mol. The minimum atomic E-state index is -0.504. The summed E-state index contributed by atoms with van der Waals surface area (Å²) in [6.45, 7) is 3.60. The Bertz CT molecular complexity index is 944. The SMILES string of the molecule is CCOC(=O)c1sc(NC(=O)C=Cc2ccc(OC)c(Br)c2)c(C#N)c1C. The zero-order valence-electron chi connectivity index (χ0n) is 15.0. The van der Waals surface area contributed by atoms with E-state index in [9.17, 15) is 14.9 Å². The number of benzene rings is 1. The van der Waals surface area contributed by atoms with E-state index in [1.165, 1.54) is 6.08 Å². The highest BCUT2D eigenvalue weighted by molar-refractivity contribution is 9.10. The Kier molecular flexibility index (Phi) is 7.16. The molecule has 0 bridgehead atoms. The molecule has 0 atom stereocenters. The first-order valence-electron chi connectivity index (χ1n) is 7.94. The van der Waals surface area contributed by atoms with E-state index < -0.39 is 11.9 Å². The lowest BCUT2D eigenvalue weighted by atomic mass is 10.1. The number of nitriles is 1. The molecule has 8 heteroatoms. The topological polar surface area (TPSA) is 88.4 Å². The molecule has 2 aromatic rings. The zero-order chi connectivity index (χ0) is 20.0. The zero-order valence-corrected chi connectivity index (χ0v) is 17.4. The van der Waals surface area contributed by atoms with Gasteiger partial charge in [0.05, 0.1) is 23.8 Å². The molecule has 0 aliphatic rings. The van der Waals surface area contributed by atoms with Crippen molar-refractivity contribution in [3.63, 3.8) is 0 Å². The first kappa shape index (κ1) is 20.7. The van der Waals surface area contributed by atoms with Crippen LogP contribution in [0, 0.1) is 18.3 Å². The van der Waals surface area contributed by atoms with Gasteiger partial charge >= 0.3 is 5.97 Å². The number of nitrogens with one attached hydrogen (secondary N) is 1. The van der Waals surface area contributed by atoms with E-state index in [1.807, 2.05) is 18.2 Å². The molecule has 0 radical (unpaired) electrons. The van der Waals surface area contributed by atoms with Crippen molar-refractivity contribution in [2.24, 2.45) is 0 Å². The predicted molar refractivity (Wildman–Crippen MR) is 108 cm³/mol. The molecule has 1 N–H and O–H groups in total. The number of rotatable bonds is 6. The Labute approximate surface area is 169 Å². The van der Waals surface area contributed by atoms with Gasteiger partial charge in [-0.1, -0.05) is 6.07 Å². The number of halogens is 1. The number of carbonyl (C=O) groups excluding carboxylic acids is 2. The molecule has 1 aromatic carbocycles. The lowest BCUT2D eigenvalue weighted by Gasteiger charge is -2.03. The average molecular weight is 449 g/mol. The molecule has 0 saturated carbocycles. The first-order chi connectivity index (χ1) is 12.9. The van der Waals surface area contributed by atoms with Crippen LogP contribution in [0.1, 0.15) is 33.3 Å². The lowest BCUT2D eigenvalue weighted by molar-refractivity contribution is -0.111. The highest BCUT2D eigenvalue weighted by atomic mass is 79.9. The number of methoxy groups -OCH3 is 1. The fourth-order valence-electron chi connectivity index (χ4n) is 2.24. The van der Waals surface area contributed by atoms with Crippen molar-refractivity contribution in [1.29, 1.82) is 5.26 Å². The molecule has 1 heterocycles. The number of thiophene rings is 1. The maximum atomic E-state index is 12.2. The van der Waals surface area contributed by atoms with Gasteiger partial charge in [-0.2, -0.15) is 5.26 Å². The Morgan fingerprint density at radius 3 is 2.74 bits per heavy atom. The summed E-state index contributed by atoms with van der Waals surface area (Å²) in [7, 11) is 1.57. The summed E-state index contributed by atoms with van der Waals surface area (Å²) in [5.41, 5.74) is 1.56. The third-order valence-electron chi connectivity index (χ3n) is 3.56. The number of hydrogen-bond donors (Lipinski definition) is 1. The maximum Gasteiger partial charge on any atom is 0.348 e. The molecule has 0 aliphatic carbocycles. The summed E-state index contributed by atoms with van der Waals surface area (Å²) in [6.07, 6.45) is 2.99. The van der Waals surface area contributed by atoms with Gasteiger partial charge in [0.25, 0.3) is 0 Å². The molecule has 1 aromatic heterocycles. The van der Waals surface area contributed by atoms with Gasteiger partial charge < -0.3 is 14.8 Å². The van der Waals surface area contributed by atoms with Crippen LogP contribution in [0.25, 0.3) is 6.08 Å². The molecular weight excluding hydrogens is 432 g/mol. The van der Waals surface area contributed by atoms with Crippen LogP contribution in [0.4, 0.5) is 5.00 Å². The number of anilines is 1. The average Bonchev–Trinajstić information content (AvgIpc) is 2.95. The van der Waals surface area contributed by atoms with Gasteiger partial charge in [0.2, 0.25) is 5.91 Å². The fraction of sp³-hybridized carbons (Fsp3) is 0.211. The minimum absolute atomic E-state index is 0.236. The Hall–Kier alpha value is -2.63. The molecule has 0 fully saturated rings. The van der Waals surface area contributed by atoms with Gasteiger partial charge in [-0.25, -0.2) is 4.79 Å². The van der Waals surface area contributed by atoms with E-state index in [1.54, 1.807) is 33.1 Å². The van der Waals surface area contributed by atoms with Crippen LogP contribution in [0.3, 0.4) is 0 Å². The second-order valence-electron chi connectivity index (χ2n) is 5.31. The molecule has 27 heavy (non-hydrogen) atoms. The van der Waals surface area contributed by atoms with Crippen molar-refractivity contribution in [2.45, 2.75) is 13.8 Å². The Morgan fingerprint density at radius 2 is 2.15 bits per heavy atom. The van der Waals surface area contributed by atoms with E-state index in [0.717, 1.165) is 21.4 Å². The fourth-order valence-corrected chi connectivity index (χ4v) is 3.85. The number of hydrogen-bond acceptors (Lipinski definition) is 6. The molecule has 0 saturated heterocycles. The van der Waals surface area contributed by atoms with Crippen LogP contribution < -0.4 is 10.1 Å². The molecule has 140 valence electrons. The van der Waals surface area contributed by atoms with Crippen molar-refractivity contribution < 1.29 is 19.1 Å². The highest BCUT2D eigenvalue weighted by Crippen LogP contribution is 2.33. The van der Waals surface area contributed by atoms with Crippen LogP contribution in [0.5, 0.6) is 5.75 Å². The molecule has 0 spiro atoms. The molecule has 0 aliphatic heterocycles. The second kappa shape index (κ2) is 9.35. The largest absolute Gasteiger partial charge is 0.496 e. The maximum absolute atomic E-state index is 12.2. The van der Waals surface area contributed by atoms with Crippen LogP contribution in [-0.2, 0) is 9.53 Å². The van der Waals surface area contributed by atoms with E-state index in [-0.39, 0.29) is 12.2 Å². The summed E-state index contributed by atoms with van der Waals surface area (Å²) in [4.78, 5) is 24.5. The summed E-state index contributed by atoms with van der Waals surface area (Å²) >= 11 is 4.42. The number of amides is 1. The number of esters is 1. The summed E-state index contributed by atoms with van der Waals surface area (Å²) in [5, 5.41) is 12.3. The van der Waals surface area contributed by atoms with Gasteiger partial charge in [0.15, 0.2) is 0 Å². The van der Waals surface area contributed by atoms with Gasteiger partial charge in [-0.15, -0.1) is 11.3 Å². The smallest absolute Gasteiger partial charge is 0.348 e. The lowest BCUT2D eigenvalue weighted by Crippen LogP contribution is -2.07. The van der Waals surface area contributed by atoms with Crippen LogP contribution in [0.2, 0.25) is 0 Å². The third kappa shape index (κ3) is 4.96. The van der Waals surface area contributed by atoms with Crippen molar-refractivity contribution in [2.75, 3.05) is 19.0 Å². The van der Waals surface area contributed by atoms with Gasteiger partial charge in [-0.05, 0) is 59.1 Å². The molecule has 6 nitrogen and oxygen atoms in total. The van der Waals surface area contributed by atoms with E-state index in [0.29, 0.717) is 21.2 Å². The van der Waals surface area contributed by atoms with Crippen molar-refractivity contribution >= 4 is 50.2 Å². The van der Waals surface area contributed by atoms with E-state index in [4.69, 9.17) is 9.47 Å². The number of nitrogens with zero attached hydrogens (tertiary/aromatic N) is 1. The van der Waals surface area contributed by atoms with Crippen LogP contribution >= 0.6 is 27.3 Å². The quantitative estimate of drug-likeness (QED) is 0.517. The second-order valence-corrected chi connectivity index (χ2v) is 7.18. The standard InChI is InChI=1S/C19H17BrN2O4S/c1-4-26-19(24)17-11(2)13(10-21)18(27-17)22-16(23)8-6-12-5-7-15(25-3)14(20)9-12/h5-9H,4H2,1-3H3,(H,22,23). The molecular formula is C19H17BrN2O4S.